The zero-order chi connectivity index (χ0) is 22.8. The quantitative estimate of drug-likeness (QED) is 0.606. The van der Waals surface area contributed by atoms with Crippen LogP contribution in [0.5, 0.6) is 0 Å². The molecule has 0 amide bonds. The van der Waals surface area contributed by atoms with Crippen LogP contribution in [0.1, 0.15) is 41.2 Å². The van der Waals surface area contributed by atoms with Gasteiger partial charge in [-0.1, -0.05) is 30.3 Å². The lowest BCUT2D eigenvalue weighted by atomic mass is 9.81. The molecule has 170 valence electrons. The van der Waals surface area contributed by atoms with Crippen molar-refractivity contribution >= 4 is 0 Å². The van der Waals surface area contributed by atoms with Gasteiger partial charge in [-0.15, -0.1) is 0 Å². The van der Waals surface area contributed by atoms with Crippen LogP contribution >= 0.6 is 0 Å². The van der Waals surface area contributed by atoms with E-state index >= 15 is 0 Å². The highest BCUT2D eigenvalue weighted by molar-refractivity contribution is 5.35. The molecule has 1 saturated heterocycles. The average Bonchev–Trinajstić information content (AvgIpc) is 2.72. The molecule has 31 heavy (non-hydrogen) atoms. The van der Waals surface area contributed by atoms with E-state index in [1.807, 2.05) is 30.3 Å². The Labute approximate surface area is 175 Å². The molecule has 1 fully saturated rings. The monoisotopic (exact) mass is 448 g/mol. The summed E-state index contributed by atoms with van der Waals surface area (Å²) in [5, 5.41) is 9.76. The van der Waals surface area contributed by atoms with Crippen molar-refractivity contribution in [2.24, 2.45) is 5.92 Å². The number of aliphatic hydroxyl groups excluding tert-OH is 1. The molecule has 0 bridgehead atoms. The van der Waals surface area contributed by atoms with Crippen molar-refractivity contribution in [3.05, 3.63) is 70.8 Å². The predicted octanol–water partition coefficient (Wildman–Crippen LogP) is 5.59. The number of alkyl halides is 6. The van der Waals surface area contributed by atoms with Crippen LogP contribution in [0.25, 0.3) is 0 Å². The van der Waals surface area contributed by atoms with Crippen LogP contribution < -0.4 is 0 Å². The van der Waals surface area contributed by atoms with Gasteiger partial charge < -0.3 is 14.6 Å². The summed E-state index contributed by atoms with van der Waals surface area (Å²) in [6.45, 7) is 1.58. The Morgan fingerprint density at radius 1 is 0.968 bits per heavy atom. The molecule has 3 nitrogen and oxygen atoms in total. The molecule has 0 aliphatic carbocycles. The third-order valence-electron chi connectivity index (χ3n) is 5.40. The molecule has 1 aliphatic rings. The van der Waals surface area contributed by atoms with E-state index in [2.05, 4.69) is 0 Å². The fourth-order valence-corrected chi connectivity index (χ4v) is 3.85. The summed E-state index contributed by atoms with van der Waals surface area (Å²) >= 11 is 0. The summed E-state index contributed by atoms with van der Waals surface area (Å²) in [6.07, 6.45) is -11.6. The first-order valence-electron chi connectivity index (χ1n) is 9.69. The van der Waals surface area contributed by atoms with Gasteiger partial charge in [0.1, 0.15) is 0 Å². The van der Waals surface area contributed by atoms with Crippen molar-refractivity contribution in [2.45, 2.75) is 37.4 Å². The Balaban J connectivity index is 1.92. The Bertz CT molecular complexity index is 834. The molecule has 0 unspecified atom stereocenters. The second kappa shape index (κ2) is 9.18. The predicted molar refractivity (Wildman–Crippen MR) is 100 cm³/mol. The Kier molecular flexibility index (Phi) is 6.98. The van der Waals surface area contributed by atoms with E-state index < -0.39 is 35.7 Å². The maximum absolute atomic E-state index is 13.2. The lowest BCUT2D eigenvalue weighted by molar-refractivity contribution is -0.143. The van der Waals surface area contributed by atoms with Crippen LogP contribution in [0.15, 0.2) is 48.5 Å². The van der Waals surface area contributed by atoms with Gasteiger partial charge in [-0.3, -0.25) is 0 Å². The lowest BCUT2D eigenvalue weighted by Crippen LogP contribution is -2.41. The third kappa shape index (κ3) is 5.58. The summed E-state index contributed by atoms with van der Waals surface area (Å²) in [5.41, 5.74) is -2.16. The van der Waals surface area contributed by atoms with Crippen molar-refractivity contribution in [3.63, 3.8) is 0 Å². The summed E-state index contributed by atoms with van der Waals surface area (Å²) in [5.74, 6) is -0.643. The van der Waals surface area contributed by atoms with Gasteiger partial charge in [-0.05, 0) is 36.2 Å². The van der Waals surface area contributed by atoms with Crippen molar-refractivity contribution in [3.8, 4) is 0 Å². The number of hydrogen-bond acceptors (Lipinski definition) is 3. The van der Waals surface area contributed by atoms with Gasteiger partial charge in [0.2, 0.25) is 0 Å². The normalized spacial score (nSPS) is 23.5. The minimum Gasteiger partial charge on any atom is -0.396 e. The summed E-state index contributed by atoms with van der Waals surface area (Å²) < 4.78 is 90.5. The minimum absolute atomic E-state index is 0.0918. The molecule has 1 aliphatic heterocycles. The van der Waals surface area contributed by atoms with Crippen LogP contribution in [-0.2, 0) is 21.8 Å². The second-order valence-electron chi connectivity index (χ2n) is 7.57. The Morgan fingerprint density at radius 3 is 2.06 bits per heavy atom. The number of hydrogen-bond donors (Lipinski definition) is 1. The Morgan fingerprint density at radius 2 is 1.55 bits per heavy atom. The van der Waals surface area contributed by atoms with Crippen molar-refractivity contribution in [1.29, 1.82) is 0 Å². The number of aliphatic hydroxyl groups is 1. The zero-order valence-corrected chi connectivity index (χ0v) is 16.6. The number of benzene rings is 2. The number of rotatable bonds is 5. The smallest absolute Gasteiger partial charge is 0.396 e. The first-order valence-corrected chi connectivity index (χ1v) is 9.69. The molecule has 9 heteroatoms. The van der Waals surface area contributed by atoms with Gasteiger partial charge in [0.05, 0.1) is 36.5 Å². The van der Waals surface area contributed by atoms with E-state index in [1.54, 1.807) is 0 Å². The standard InChI is InChI=1S/C22H22F6O3/c1-13(15-7-17(21(23,24)25)9-18(8-15)22(26,27)28)31-19-12-30-11-16(10-29)20(19)14-5-3-2-4-6-14/h2-9,13,16,19-20,29H,10-12H2,1H3/t13-,16+,19+,20-/m1/s1. The zero-order valence-electron chi connectivity index (χ0n) is 16.6. The highest BCUT2D eigenvalue weighted by Gasteiger charge is 2.39. The molecule has 0 spiro atoms. The fraction of sp³-hybridized carbons (Fsp3) is 0.455. The van der Waals surface area contributed by atoms with E-state index in [0.717, 1.165) is 5.56 Å². The molecule has 2 aromatic carbocycles. The highest BCUT2D eigenvalue weighted by Crippen LogP contribution is 2.40. The van der Waals surface area contributed by atoms with E-state index in [-0.39, 0.29) is 43.3 Å². The summed E-state index contributed by atoms with van der Waals surface area (Å²) in [4.78, 5) is 0. The van der Waals surface area contributed by atoms with Gasteiger partial charge in [-0.2, -0.15) is 26.3 Å². The minimum atomic E-state index is -4.93. The van der Waals surface area contributed by atoms with Crippen molar-refractivity contribution in [2.75, 3.05) is 19.8 Å². The van der Waals surface area contributed by atoms with E-state index in [0.29, 0.717) is 12.1 Å². The van der Waals surface area contributed by atoms with Crippen LogP contribution in [0.3, 0.4) is 0 Å². The Hall–Kier alpha value is -2.10. The molecule has 1 N–H and O–H groups in total. The second-order valence-corrected chi connectivity index (χ2v) is 7.57. The number of halogens is 6. The maximum atomic E-state index is 13.2. The van der Waals surface area contributed by atoms with Crippen LogP contribution in [0.4, 0.5) is 26.3 Å². The SMILES string of the molecule is C[C@@H](O[C@H]1COC[C@H](CO)[C@H]1c1ccccc1)c1cc(C(F)(F)F)cc(C(F)(F)F)c1. The number of ether oxygens (including phenoxy) is 2. The third-order valence-corrected chi connectivity index (χ3v) is 5.40. The molecule has 0 aromatic heterocycles. The van der Waals surface area contributed by atoms with Crippen molar-refractivity contribution < 1.29 is 40.9 Å². The molecule has 0 saturated carbocycles. The first kappa shape index (κ1) is 23.6. The van der Waals surface area contributed by atoms with Gasteiger partial charge in [0, 0.05) is 18.4 Å². The van der Waals surface area contributed by atoms with Gasteiger partial charge >= 0.3 is 12.4 Å². The molecule has 2 aromatic rings. The lowest BCUT2D eigenvalue weighted by Gasteiger charge is -2.39. The van der Waals surface area contributed by atoms with Gasteiger partial charge in [-0.25, -0.2) is 0 Å². The molecule has 0 radical (unpaired) electrons. The molecule has 1 heterocycles. The van der Waals surface area contributed by atoms with Crippen LogP contribution in [-0.4, -0.2) is 31.0 Å². The van der Waals surface area contributed by atoms with Gasteiger partial charge in [0.25, 0.3) is 0 Å². The topological polar surface area (TPSA) is 38.7 Å². The van der Waals surface area contributed by atoms with Crippen LogP contribution in [0.2, 0.25) is 0 Å². The highest BCUT2D eigenvalue weighted by atomic mass is 19.4. The summed E-state index contributed by atoms with van der Waals surface area (Å²) in [6, 6.07) is 10.5. The molecular formula is C22H22F6O3. The van der Waals surface area contributed by atoms with E-state index in [1.165, 1.54) is 6.92 Å². The molecule has 4 atom stereocenters. The van der Waals surface area contributed by atoms with E-state index in [9.17, 15) is 31.4 Å². The van der Waals surface area contributed by atoms with E-state index in [4.69, 9.17) is 9.47 Å². The first-order chi connectivity index (χ1) is 14.5. The van der Waals surface area contributed by atoms with Crippen LogP contribution in [0, 0.1) is 5.92 Å². The average molecular weight is 448 g/mol. The maximum Gasteiger partial charge on any atom is 0.416 e. The summed E-state index contributed by atoms with van der Waals surface area (Å²) in [7, 11) is 0. The van der Waals surface area contributed by atoms with Gasteiger partial charge in [0.15, 0.2) is 0 Å². The molecule has 3 rings (SSSR count). The molecular weight excluding hydrogens is 426 g/mol. The fourth-order valence-electron chi connectivity index (χ4n) is 3.85. The largest absolute Gasteiger partial charge is 0.416 e. The van der Waals surface area contributed by atoms with Crippen molar-refractivity contribution in [1.82, 2.24) is 0 Å².